The number of nitrogens with zero attached hydrogens (tertiary/aromatic N) is 2. The maximum atomic E-state index is 12.8. The first-order valence-electron chi connectivity index (χ1n) is 10.9. The van der Waals surface area contributed by atoms with E-state index < -0.39 is 6.67 Å². The van der Waals surface area contributed by atoms with Crippen LogP contribution in [0.15, 0.2) is 12.1 Å². The molecule has 174 valence electrons. The van der Waals surface area contributed by atoms with E-state index in [9.17, 15) is 14.3 Å². The summed E-state index contributed by atoms with van der Waals surface area (Å²) in [5.41, 5.74) is 1.09. The number of aliphatic hydroxyl groups excluding tert-OH is 1. The summed E-state index contributed by atoms with van der Waals surface area (Å²) in [6, 6.07) is 3.29. The number of carbonyl (C=O) groups excluding carboxylic acids is 1. The van der Waals surface area contributed by atoms with Crippen molar-refractivity contribution in [3.8, 4) is 5.88 Å². The molecule has 2 aliphatic rings. The molecular weight excluding hydrogens is 405 g/mol. The van der Waals surface area contributed by atoms with Gasteiger partial charge in [0.05, 0.1) is 32.0 Å². The fourth-order valence-electron chi connectivity index (χ4n) is 3.52. The lowest BCUT2D eigenvalue weighted by Crippen LogP contribution is -2.52. The second-order valence-electron chi connectivity index (χ2n) is 8.62. The van der Waals surface area contributed by atoms with Crippen molar-refractivity contribution in [3.63, 3.8) is 0 Å². The van der Waals surface area contributed by atoms with Crippen molar-refractivity contribution in [2.24, 2.45) is 17.8 Å². The Morgan fingerprint density at radius 2 is 2.13 bits per heavy atom. The number of aliphatic hydroxyl groups is 1. The largest absolute Gasteiger partial charge is 0.476 e. The molecular formula is C22H34FN3O5. The number of alkyl halides is 1. The van der Waals surface area contributed by atoms with E-state index in [-0.39, 0.29) is 55.4 Å². The Labute approximate surface area is 183 Å². The molecule has 0 radical (unpaired) electrons. The molecule has 1 amide bonds. The number of ether oxygens (including phenoxy) is 3. The van der Waals surface area contributed by atoms with Crippen LogP contribution in [0.25, 0.3) is 0 Å². The molecule has 0 spiro atoms. The van der Waals surface area contributed by atoms with Crippen LogP contribution in [0, 0.1) is 17.8 Å². The summed E-state index contributed by atoms with van der Waals surface area (Å²) < 4.78 is 28.9. The lowest BCUT2D eigenvalue weighted by atomic mass is 10.1. The molecule has 0 aromatic carbocycles. The molecule has 8 nitrogen and oxygen atoms in total. The number of carbonyl (C=O) groups is 1. The van der Waals surface area contributed by atoms with Crippen molar-refractivity contribution >= 4 is 11.6 Å². The van der Waals surface area contributed by atoms with Crippen molar-refractivity contribution in [1.82, 2.24) is 10.3 Å². The van der Waals surface area contributed by atoms with Gasteiger partial charge in [0.25, 0.3) is 5.91 Å². The summed E-state index contributed by atoms with van der Waals surface area (Å²) in [4.78, 5) is 19.4. The van der Waals surface area contributed by atoms with Gasteiger partial charge < -0.3 is 29.5 Å². The molecule has 1 aliphatic heterocycles. The van der Waals surface area contributed by atoms with Crippen LogP contribution >= 0.6 is 0 Å². The summed E-state index contributed by atoms with van der Waals surface area (Å²) in [7, 11) is 1.69. The van der Waals surface area contributed by atoms with Gasteiger partial charge in [-0.1, -0.05) is 13.8 Å². The predicted molar refractivity (Wildman–Crippen MR) is 114 cm³/mol. The Morgan fingerprint density at radius 1 is 1.35 bits per heavy atom. The summed E-state index contributed by atoms with van der Waals surface area (Å²) >= 11 is 0. The van der Waals surface area contributed by atoms with Crippen LogP contribution in [-0.4, -0.2) is 81.4 Å². The van der Waals surface area contributed by atoms with E-state index in [1.807, 2.05) is 19.9 Å². The summed E-state index contributed by atoms with van der Waals surface area (Å²) in [6.07, 6.45) is 1.12. The molecule has 3 atom stereocenters. The molecule has 1 saturated carbocycles. The van der Waals surface area contributed by atoms with Crippen LogP contribution in [0.3, 0.4) is 0 Å². The third-order valence-corrected chi connectivity index (χ3v) is 5.97. The number of pyridine rings is 1. The molecule has 31 heavy (non-hydrogen) atoms. The Hall–Kier alpha value is -1.97. The standard InChI is InChI=1S/C22H34FN3O5/c1-14(2)19(13-30-7-6-23)24-21(28)18-4-5-20(26-9-17(10-26)29-3)22(25-18)31-12-16-8-15(16)11-27/h4-5,14-17,19,27H,6-13H2,1-3H3,(H,24,28)/t15-,16+,19?/m1/s1. The summed E-state index contributed by atoms with van der Waals surface area (Å²) in [5, 5.41) is 12.2. The minimum absolute atomic E-state index is 0.0122. The van der Waals surface area contributed by atoms with Gasteiger partial charge in [0, 0.05) is 26.8 Å². The predicted octanol–water partition coefficient (Wildman–Crippen LogP) is 1.66. The highest BCUT2D eigenvalue weighted by Crippen LogP contribution is 2.39. The van der Waals surface area contributed by atoms with Crippen LogP contribution in [-0.2, 0) is 9.47 Å². The fraction of sp³-hybridized carbons (Fsp3) is 0.727. The highest BCUT2D eigenvalue weighted by Gasteiger charge is 2.37. The van der Waals surface area contributed by atoms with Gasteiger partial charge in [-0.25, -0.2) is 9.37 Å². The van der Waals surface area contributed by atoms with Gasteiger partial charge in [0.15, 0.2) is 0 Å². The number of hydrogen-bond donors (Lipinski definition) is 2. The van der Waals surface area contributed by atoms with Gasteiger partial charge in [0.2, 0.25) is 5.88 Å². The van der Waals surface area contributed by atoms with E-state index in [1.165, 1.54) is 0 Å². The van der Waals surface area contributed by atoms with Gasteiger partial charge in [-0.2, -0.15) is 0 Å². The van der Waals surface area contributed by atoms with E-state index in [0.717, 1.165) is 25.2 Å². The quantitative estimate of drug-likeness (QED) is 0.452. The third-order valence-electron chi connectivity index (χ3n) is 5.97. The molecule has 1 aromatic heterocycles. The maximum Gasteiger partial charge on any atom is 0.270 e. The SMILES string of the molecule is COC1CN(c2ccc(C(=O)NC(COCCF)C(C)C)nc2OC[C@@H]2C[C@@H]2CO)C1. The molecule has 1 unspecified atom stereocenters. The average Bonchev–Trinajstić information content (AvgIpc) is 3.50. The number of halogens is 1. The van der Waals surface area contributed by atoms with Crippen LogP contribution in [0.5, 0.6) is 5.88 Å². The van der Waals surface area contributed by atoms with E-state index in [1.54, 1.807) is 13.2 Å². The van der Waals surface area contributed by atoms with Crippen LogP contribution < -0.4 is 15.0 Å². The van der Waals surface area contributed by atoms with Gasteiger partial charge in [-0.15, -0.1) is 0 Å². The number of anilines is 1. The molecule has 2 heterocycles. The molecule has 0 bridgehead atoms. The Kier molecular flexibility index (Phi) is 8.45. The highest BCUT2D eigenvalue weighted by molar-refractivity contribution is 5.93. The van der Waals surface area contributed by atoms with Crippen molar-refractivity contribution in [2.75, 3.05) is 58.2 Å². The smallest absolute Gasteiger partial charge is 0.270 e. The molecule has 1 aromatic rings. The lowest BCUT2D eigenvalue weighted by Gasteiger charge is -2.40. The number of hydrogen-bond acceptors (Lipinski definition) is 7. The zero-order valence-corrected chi connectivity index (χ0v) is 18.6. The van der Waals surface area contributed by atoms with Gasteiger partial charge >= 0.3 is 0 Å². The molecule has 2 fully saturated rings. The molecule has 3 rings (SSSR count). The Morgan fingerprint density at radius 3 is 2.74 bits per heavy atom. The van der Waals surface area contributed by atoms with E-state index in [0.29, 0.717) is 18.4 Å². The number of nitrogens with one attached hydrogen (secondary N) is 1. The van der Waals surface area contributed by atoms with Gasteiger partial charge in [-0.05, 0) is 36.3 Å². The monoisotopic (exact) mass is 439 g/mol. The van der Waals surface area contributed by atoms with E-state index >= 15 is 0 Å². The van der Waals surface area contributed by atoms with Gasteiger partial charge in [-0.3, -0.25) is 4.79 Å². The molecule has 1 saturated heterocycles. The van der Waals surface area contributed by atoms with Crippen LogP contribution in [0.4, 0.5) is 10.1 Å². The number of methoxy groups -OCH3 is 1. The maximum absolute atomic E-state index is 12.8. The number of aromatic nitrogens is 1. The first kappa shape index (κ1) is 23.7. The van der Waals surface area contributed by atoms with Crippen molar-refractivity contribution in [1.29, 1.82) is 0 Å². The summed E-state index contributed by atoms with van der Waals surface area (Å²) in [5.74, 6) is 0.819. The normalized spacial score (nSPS) is 21.7. The zero-order valence-electron chi connectivity index (χ0n) is 18.6. The van der Waals surface area contributed by atoms with Crippen LogP contribution in [0.2, 0.25) is 0 Å². The zero-order chi connectivity index (χ0) is 22.4. The Bertz CT molecular complexity index is 729. The first-order chi connectivity index (χ1) is 15.0. The van der Waals surface area contributed by atoms with Crippen molar-refractivity contribution in [2.45, 2.75) is 32.4 Å². The van der Waals surface area contributed by atoms with E-state index in [4.69, 9.17) is 14.2 Å². The lowest BCUT2D eigenvalue weighted by molar-refractivity contribution is 0.0729. The molecule has 1 aliphatic carbocycles. The fourth-order valence-corrected chi connectivity index (χ4v) is 3.52. The number of amides is 1. The molecule has 9 heteroatoms. The second-order valence-corrected chi connectivity index (χ2v) is 8.62. The van der Waals surface area contributed by atoms with Gasteiger partial charge in [0.1, 0.15) is 18.1 Å². The minimum atomic E-state index is -0.555. The van der Waals surface area contributed by atoms with Crippen molar-refractivity contribution in [3.05, 3.63) is 17.8 Å². The van der Waals surface area contributed by atoms with E-state index in [2.05, 4.69) is 15.2 Å². The number of rotatable bonds is 13. The highest BCUT2D eigenvalue weighted by atomic mass is 19.1. The minimum Gasteiger partial charge on any atom is -0.476 e. The first-order valence-corrected chi connectivity index (χ1v) is 10.9. The Balaban J connectivity index is 1.69. The third kappa shape index (κ3) is 6.27. The van der Waals surface area contributed by atoms with Crippen LogP contribution in [0.1, 0.15) is 30.8 Å². The average molecular weight is 440 g/mol. The molecule has 2 N–H and O–H groups in total. The van der Waals surface area contributed by atoms with Crippen molar-refractivity contribution < 1.29 is 28.5 Å². The summed E-state index contributed by atoms with van der Waals surface area (Å²) in [6.45, 7) is 5.75. The second kappa shape index (κ2) is 11.1. The topological polar surface area (TPSA) is 93.2 Å².